The first kappa shape index (κ1) is 11.9. The molecule has 0 aliphatic heterocycles. The van der Waals surface area contributed by atoms with Crippen LogP contribution in [0.4, 0.5) is 13.2 Å². The third kappa shape index (κ3) is 1.86. The summed E-state index contributed by atoms with van der Waals surface area (Å²) < 4.78 is 41.7. The van der Waals surface area contributed by atoms with Gasteiger partial charge in [-0.15, -0.1) is 0 Å². The van der Waals surface area contributed by atoms with Crippen LogP contribution in [0.25, 0.3) is 0 Å². The third-order valence-electron chi connectivity index (χ3n) is 2.99. The molecule has 0 bridgehead atoms. The van der Waals surface area contributed by atoms with Gasteiger partial charge in [0.2, 0.25) is 0 Å². The lowest BCUT2D eigenvalue weighted by molar-refractivity contribution is 0.159. The van der Waals surface area contributed by atoms with Crippen molar-refractivity contribution < 1.29 is 13.2 Å². The lowest BCUT2D eigenvalue weighted by Gasteiger charge is -2.21. The van der Waals surface area contributed by atoms with Crippen molar-refractivity contribution in [3.05, 3.63) is 33.8 Å². The van der Waals surface area contributed by atoms with Gasteiger partial charge in [0, 0.05) is 12.5 Å². The first-order chi connectivity index (χ1) is 7.44. The zero-order valence-electron chi connectivity index (χ0n) is 8.44. The predicted molar refractivity (Wildman–Crippen MR) is 58.7 cm³/mol. The van der Waals surface area contributed by atoms with Crippen LogP contribution < -0.4 is 5.73 Å². The summed E-state index contributed by atoms with van der Waals surface area (Å²) in [5.41, 5.74) is 3.12. The average molecular weight is 294 g/mol. The maximum Gasteiger partial charge on any atom is 0.146 e. The van der Waals surface area contributed by atoms with Gasteiger partial charge in [0.25, 0.3) is 0 Å². The second-order valence-corrected chi connectivity index (χ2v) is 5.04. The summed E-state index contributed by atoms with van der Waals surface area (Å²) >= 11 is 2.93. The molecule has 0 amide bonds. The van der Waals surface area contributed by atoms with E-state index in [1.165, 1.54) is 6.07 Å². The molecule has 16 heavy (non-hydrogen) atoms. The van der Waals surface area contributed by atoms with Crippen LogP contribution in [0, 0.1) is 11.6 Å². The fourth-order valence-electron chi connectivity index (χ4n) is 2.20. The lowest BCUT2D eigenvalue weighted by Crippen LogP contribution is -2.24. The smallest absolute Gasteiger partial charge is 0.146 e. The Bertz CT molecular complexity index is 424. The van der Waals surface area contributed by atoms with Crippen molar-refractivity contribution >= 4 is 15.9 Å². The number of benzene rings is 1. The lowest BCUT2D eigenvalue weighted by atomic mass is 9.93. The van der Waals surface area contributed by atoms with E-state index in [0.29, 0.717) is 6.42 Å². The van der Waals surface area contributed by atoms with E-state index in [0.717, 1.165) is 6.07 Å². The molecular formula is C11H11BrF3N. The molecule has 1 aromatic rings. The van der Waals surface area contributed by atoms with Crippen LogP contribution in [0.1, 0.15) is 24.8 Å². The van der Waals surface area contributed by atoms with Crippen LogP contribution in [0.3, 0.4) is 0 Å². The maximum atomic E-state index is 14.4. The first-order valence-corrected chi connectivity index (χ1v) is 5.82. The highest BCUT2D eigenvalue weighted by molar-refractivity contribution is 9.10. The van der Waals surface area contributed by atoms with Gasteiger partial charge in [0.1, 0.15) is 17.3 Å². The molecule has 0 spiro atoms. The Kier molecular flexibility index (Phi) is 3.01. The highest BCUT2D eigenvalue weighted by Crippen LogP contribution is 2.44. The van der Waals surface area contributed by atoms with Gasteiger partial charge in [-0.25, -0.2) is 13.2 Å². The van der Waals surface area contributed by atoms with Crippen LogP contribution in [-0.2, 0) is 5.67 Å². The second-order valence-electron chi connectivity index (χ2n) is 4.19. The van der Waals surface area contributed by atoms with Gasteiger partial charge in [-0.1, -0.05) is 0 Å². The number of hydrogen-bond donors (Lipinski definition) is 1. The summed E-state index contributed by atoms with van der Waals surface area (Å²) in [6.07, 6.45) is 0.484. The fraction of sp³-hybridized carbons (Fsp3) is 0.455. The minimum absolute atomic E-state index is 0.0305. The molecule has 5 heteroatoms. The molecule has 0 saturated heterocycles. The van der Waals surface area contributed by atoms with Crippen molar-refractivity contribution in [1.82, 2.24) is 0 Å². The summed E-state index contributed by atoms with van der Waals surface area (Å²) in [6, 6.07) is 1.96. The summed E-state index contributed by atoms with van der Waals surface area (Å²) in [6.45, 7) is 0. The topological polar surface area (TPSA) is 26.0 Å². The Labute approximate surface area is 100.0 Å². The number of alkyl halides is 1. The highest BCUT2D eigenvalue weighted by atomic mass is 79.9. The number of rotatable bonds is 1. The molecule has 2 atom stereocenters. The Morgan fingerprint density at radius 1 is 1.38 bits per heavy atom. The maximum absolute atomic E-state index is 14.4. The first-order valence-electron chi connectivity index (χ1n) is 5.02. The molecular weight excluding hydrogens is 283 g/mol. The molecule has 2 unspecified atom stereocenters. The van der Waals surface area contributed by atoms with Gasteiger partial charge in [-0.05, 0) is 40.9 Å². The van der Waals surface area contributed by atoms with Gasteiger partial charge in [0.05, 0.1) is 10.0 Å². The quantitative estimate of drug-likeness (QED) is 0.789. The second kappa shape index (κ2) is 4.04. The van der Waals surface area contributed by atoms with Gasteiger partial charge in [-0.2, -0.15) is 0 Å². The van der Waals surface area contributed by atoms with Gasteiger partial charge >= 0.3 is 0 Å². The Morgan fingerprint density at radius 2 is 2.06 bits per heavy atom. The average Bonchev–Trinajstić information content (AvgIpc) is 2.54. The molecule has 1 nitrogen and oxygen atoms in total. The van der Waals surface area contributed by atoms with Crippen LogP contribution >= 0.6 is 15.9 Å². The zero-order chi connectivity index (χ0) is 11.9. The zero-order valence-corrected chi connectivity index (χ0v) is 10.0. The van der Waals surface area contributed by atoms with E-state index in [2.05, 4.69) is 15.9 Å². The standard InChI is InChI=1S/C11H11BrF3N/c12-7-1-2-8(13)9(10(7)14)11(15)4-3-6(16)5-11/h1-2,6H,3-5,16H2. The van der Waals surface area contributed by atoms with Crippen molar-refractivity contribution in [3.8, 4) is 0 Å². The van der Waals surface area contributed by atoms with Gasteiger partial charge in [-0.3, -0.25) is 0 Å². The largest absolute Gasteiger partial charge is 0.328 e. The molecule has 0 radical (unpaired) electrons. The molecule has 0 aromatic heterocycles. The SMILES string of the molecule is NC1CCC(F)(c2c(F)ccc(Br)c2F)C1. The molecule has 1 aliphatic rings. The number of halogens is 4. The van der Waals surface area contributed by atoms with Crippen LogP contribution in [0.15, 0.2) is 16.6 Å². The molecule has 0 heterocycles. The summed E-state index contributed by atoms with van der Waals surface area (Å²) in [4.78, 5) is 0. The van der Waals surface area contributed by atoms with Gasteiger partial charge in [0.15, 0.2) is 0 Å². The van der Waals surface area contributed by atoms with Crippen molar-refractivity contribution in [2.75, 3.05) is 0 Å². The number of hydrogen-bond acceptors (Lipinski definition) is 1. The van der Waals surface area contributed by atoms with Crippen molar-refractivity contribution in [2.45, 2.75) is 31.0 Å². The third-order valence-corrected chi connectivity index (χ3v) is 3.60. The normalized spacial score (nSPS) is 29.7. The minimum atomic E-state index is -1.97. The van der Waals surface area contributed by atoms with E-state index in [4.69, 9.17) is 5.73 Å². The molecule has 88 valence electrons. The number of nitrogens with two attached hydrogens (primary N) is 1. The van der Waals surface area contributed by atoms with Crippen molar-refractivity contribution in [2.24, 2.45) is 5.73 Å². The van der Waals surface area contributed by atoms with E-state index < -0.39 is 22.9 Å². The highest BCUT2D eigenvalue weighted by Gasteiger charge is 2.43. The summed E-state index contributed by atoms with van der Waals surface area (Å²) in [7, 11) is 0. The Balaban J connectivity index is 2.51. The minimum Gasteiger partial charge on any atom is -0.328 e. The summed E-state index contributed by atoms with van der Waals surface area (Å²) in [5.74, 6) is -1.71. The van der Waals surface area contributed by atoms with Crippen molar-refractivity contribution in [1.29, 1.82) is 0 Å². The molecule has 1 fully saturated rings. The fourth-order valence-corrected chi connectivity index (χ4v) is 2.53. The van der Waals surface area contributed by atoms with E-state index in [1.54, 1.807) is 0 Å². The predicted octanol–water partition coefficient (Wildman–Crippen LogP) is 3.40. The van der Waals surface area contributed by atoms with E-state index >= 15 is 0 Å². The summed E-state index contributed by atoms with van der Waals surface area (Å²) in [5, 5.41) is 0. The van der Waals surface area contributed by atoms with Crippen LogP contribution in [0.2, 0.25) is 0 Å². The monoisotopic (exact) mass is 293 g/mol. The van der Waals surface area contributed by atoms with Crippen LogP contribution in [0.5, 0.6) is 0 Å². The van der Waals surface area contributed by atoms with E-state index in [1.807, 2.05) is 0 Å². The molecule has 1 aromatic carbocycles. The van der Waals surface area contributed by atoms with Gasteiger partial charge < -0.3 is 5.73 Å². The molecule has 1 saturated carbocycles. The van der Waals surface area contributed by atoms with E-state index in [-0.39, 0.29) is 23.4 Å². The van der Waals surface area contributed by atoms with Crippen molar-refractivity contribution in [3.63, 3.8) is 0 Å². The molecule has 2 rings (SSSR count). The Morgan fingerprint density at radius 3 is 2.62 bits per heavy atom. The Hall–Kier alpha value is -0.550. The van der Waals surface area contributed by atoms with Crippen LogP contribution in [-0.4, -0.2) is 6.04 Å². The van der Waals surface area contributed by atoms with E-state index in [9.17, 15) is 13.2 Å². The molecule has 1 aliphatic carbocycles. The molecule has 2 N–H and O–H groups in total.